The minimum atomic E-state index is 0.00413. The van der Waals surface area contributed by atoms with Crippen molar-refractivity contribution in [3.05, 3.63) is 34.3 Å². The van der Waals surface area contributed by atoms with Gasteiger partial charge in [-0.1, -0.05) is 44.0 Å². The summed E-state index contributed by atoms with van der Waals surface area (Å²) in [5.41, 5.74) is 1.72. The molecule has 0 spiro atoms. The van der Waals surface area contributed by atoms with E-state index >= 15 is 0 Å². The van der Waals surface area contributed by atoms with Crippen molar-refractivity contribution in [2.24, 2.45) is 5.41 Å². The van der Waals surface area contributed by atoms with Crippen LogP contribution in [0.2, 0.25) is 5.02 Å². The van der Waals surface area contributed by atoms with Gasteiger partial charge in [0.2, 0.25) is 0 Å². The topological polar surface area (TPSA) is 17.1 Å². The Bertz CT molecular complexity index is 375. The van der Waals surface area contributed by atoms with E-state index in [9.17, 15) is 4.79 Å². The van der Waals surface area contributed by atoms with Gasteiger partial charge in [0.25, 0.3) is 0 Å². The van der Waals surface area contributed by atoms with E-state index in [1.165, 1.54) is 0 Å². The van der Waals surface area contributed by atoms with Gasteiger partial charge in [0.05, 0.1) is 5.02 Å². The SMILES string of the molecule is Cc1ccc(Cl)c(C(=O)CC(C)(C)C)c1. The van der Waals surface area contributed by atoms with Gasteiger partial charge in [-0.3, -0.25) is 4.79 Å². The highest BCUT2D eigenvalue weighted by Crippen LogP contribution is 2.25. The number of ketones is 1. The number of hydrogen-bond acceptors (Lipinski definition) is 1. The van der Waals surface area contributed by atoms with Gasteiger partial charge in [0.15, 0.2) is 5.78 Å². The summed E-state index contributed by atoms with van der Waals surface area (Å²) < 4.78 is 0. The standard InChI is InChI=1S/C13H17ClO/c1-9-5-6-11(14)10(7-9)12(15)8-13(2,3)4/h5-7H,8H2,1-4H3. The van der Waals surface area contributed by atoms with Crippen LogP contribution < -0.4 is 0 Å². The lowest BCUT2D eigenvalue weighted by Crippen LogP contribution is -2.13. The van der Waals surface area contributed by atoms with Gasteiger partial charge in [-0.25, -0.2) is 0 Å². The van der Waals surface area contributed by atoms with Crippen LogP contribution in [0.4, 0.5) is 0 Å². The number of hydrogen-bond donors (Lipinski definition) is 0. The van der Waals surface area contributed by atoms with Crippen LogP contribution >= 0.6 is 11.6 Å². The molecule has 0 aliphatic rings. The van der Waals surface area contributed by atoms with Crippen LogP contribution in [-0.2, 0) is 0 Å². The first-order chi connectivity index (χ1) is 6.79. The summed E-state index contributed by atoms with van der Waals surface area (Å²) in [5.74, 6) is 0.121. The van der Waals surface area contributed by atoms with E-state index in [0.717, 1.165) is 5.56 Å². The highest BCUT2D eigenvalue weighted by atomic mass is 35.5. The number of Topliss-reactive ketones (excluding diaryl/α,β-unsaturated/α-hetero) is 1. The molecule has 0 aliphatic carbocycles. The van der Waals surface area contributed by atoms with Crippen molar-refractivity contribution in [2.45, 2.75) is 34.1 Å². The van der Waals surface area contributed by atoms with E-state index < -0.39 is 0 Å². The number of benzene rings is 1. The van der Waals surface area contributed by atoms with Gasteiger partial charge < -0.3 is 0 Å². The van der Waals surface area contributed by atoms with E-state index in [4.69, 9.17) is 11.6 Å². The molecule has 0 saturated carbocycles. The molecule has 0 radical (unpaired) electrons. The summed E-state index contributed by atoms with van der Waals surface area (Å²) in [6, 6.07) is 5.55. The number of carbonyl (C=O) groups excluding carboxylic acids is 1. The zero-order chi connectivity index (χ0) is 11.6. The second-order valence-corrected chi connectivity index (χ2v) is 5.55. The monoisotopic (exact) mass is 224 g/mol. The summed E-state index contributed by atoms with van der Waals surface area (Å²) in [7, 11) is 0. The molecule has 1 rings (SSSR count). The van der Waals surface area contributed by atoms with Crippen molar-refractivity contribution in [3.63, 3.8) is 0 Å². The average molecular weight is 225 g/mol. The van der Waals surface area contributed by atoms with Crippen molar-refractivity contribution in [1.82, 2.24) is 0 Å². The van der Waals surface area contributed by atoms with Crippen LogP contribution in [0.25, 0.3) is 0 Å². The Morgan fingerprint density at radius 3 is 2.47 bits per heavy atom. The zero-order valence-corrected chi connectivity index (χ0v) is 10.5. The highest BCUT2D eigenvalue weighted by molar-refractivity contribution is 6.34. The highest BCUT2D eigenvalue weighted by Gasteiger charge is 2.19. The Morgan fingerprint density at radius 2 is 1.93 bits per heavy atom. The van der Waals surface area contributed by atoms with Gasteiger partial charge >= 0.3 is 0 Å². The second kappa shape index (κ2) is 4.36. The molecule has 82 valence electrons. The van der Waals surface area contributed by atoms with E-state index in [1.54, 1.807) is 6.07 Å². The Morgan fingerprint density at radius 1 is 1.33 bits per heavy atom. The fourth-order valence-electron chi connectivity index (χ4n) is 1.43. The van der Waals surface area contributed by atoms with Gasteiger partial charge in [0, 0.05) is 12.0 Å². The van der Waals surface area contributed by atoms with Crippen LogP contribution in [0, 0.1) is 12.3 Å². The lowest BCUT2D eigenvalue weighted by atomic mass is 9.87. The van der Waals surface area contributed by atoms with Crippen LogP contribution in [0.3, 0.4) is 0 Å². The number of halogens is 1. The van der Waals surface area contributed by atoms with Crippen LogP contribution in [0.5, 0.6) is 0 Å². The Balaban J connectivity index is 2.96. The fraction of sp³-hybridized carbons (Fsp3) is 0.462. The van der Waals surface area contributed by atoms with Crippen molar-refractivity contribution in [2.75, 3.05) is 0 Å². The van der Waals surface area contributed by atoms with E-state index in [-0.39, 0.29) is 11.2 Å². The number of carbonyl (C=O) groups is 1. The molecule has 0 saturated heterocycles. The second-order valence-electron chi connectivity index (χ2n) is 5.14. The lowest BCUT2D eigenvalue weighted by Gasteiger charge is -2.17. The molecule has 0 aromatic heterocycles. The first kappa shape index (κ1) is 12.3. The van der Waals surface area contributed by atoms with E-state index in [2.05, 4.69) is 20.8 Å². The molecule has 0 atom stereocenters. The molecule has 1 aromatic carbocycles. The Kier molecular flexibility index (Phi) is 3.56. The van der Waals surface area contributed by atoms with Crippen molar-refractivity contribution in [3.8, 4) is 0 Å². The molecule has 0 bridgehead atoms. The Hall–Kier alpha value is -0.820. The normalized spacial score (nSPS) is 11.5. The van der Waals surface area contributed by atoms with E-state index in [0.29, 0.717) is 17.0 Å². The minimum Gasteiger partial charge on any atom is -0.294 e. The molecule has 15 heavy (non-hydrogen) atoms. The van der Waals surface area contributed by atoms with E-state index in [1.807, 2.05) is 19.1 Å². The van der Waals surface area contributed by atoms with Gasteiger partial charge in [-0.05, 0) is 24.5 Å². The van der Waals surface area contributed by atoms with Crippen molar-refractivity contribution < 1.29 is 4.79 Å². The molecule has 0 N–H and O–H groups in total. The smallest absolute Gasteiger partial charge is 0.164 e. The summed E-state index contributed by atoms with van der Waals surface area (Å²) in [5, 5.41) is 0.551. The summed E-state index contributed by atoms with van der Waals surface area (Å²) in [4.78, 5) is 11.9. The lowest BCUT2D eigenvalue weighted by molar-refractivity contribution is 0.0940. The summed E-state index contributed by atoms with van der Waals surface area (Å²) >= 11 is 6.00. The molecule has 0 heterocycles. The molecule has 1 nitrogen and oxygen atoms in total. The molecule has 0 aliphatic heterocycles. The van der Waals surface area contributed by atoms with Crippen LogP contribution in [0.15, 0.2) is 18.2 Å². The predicted octanol–water partition coefficient (Wildman–Crippen LogP) is 4.27. The maximum Gasteiger partial charge on any atom is 0.164 e. The van der Waals surface area contributed by atoms with Gasteiger partial charge in [0.1, 0.15) is 0 Å². The third-order valence-electron chi connectivity index (χ3n) is 2.11. The van der Waals surface area contributed by atoms with Crippen LogP contribution in [0.1, 0.15) is 43.1 Å². The first-order valence-corrected chi connectivity index (χ1v) is 5.47. The third kappa shape index (κ3) is 3.67. The largest absolute Gasteiger partial charge is 0.294 e. The third-order valence-corrected chi connectivity index (χ3v) is 2.44. The van der Waals surface area contributed by atoms with Crippen LogP contribution in [-0.4, -0.2) is 5.78 Å². The zero-order valence-electron chi connectivity index (χ0n) is 9.73. The molecule has 0 unspecified atom stereocenters. The number of rotatable bonds is 2. The molecule has 0 fully saturated rings. The summed E-state index contributed by atoms with van der Waals surface area (Å²) in [6.45, 7) is 8.11. The van der Waals surface area contributed by atoms with Gasteiger partial charge in [-0.2, -0.15) is 0 Å². The molecule has 2 heteroatoms. The molecular weight excluding hydrogens is 208 g/mol. The quantitative estimate of drug-likeness (QED) is 0.686. The maximum atomic E-state index is 11.9. The molecule has 0 amide bonds. The van der Waals surface area contributed by atoms with Gasteiger partial charge in [-0.15, -0.1) is 0 Å². The maximum absolute atomic E-state index is 11.9. The number of aryl methyl sites for hydroxylation is 1. The molecule has 1 aromatic rings. The van der Waals surface area contributed by atoms with Crippen molar-refractivity contribution >= 4 is 17.4 Å². The predicted molar refractivity (Wildman–Crippen MR) is 64.6 cm³/mol. The fourth-order valence-corrected chi connectivity index (χ4v) is 1.65. The Labute approximate surface area is 96.5 Å². The average Bonchev–Trinajstić information content (AvgIpc) is 2.06. The summed E-state index contributed by atoms with van der Waals surface area (Å²) in [6.07, 6.45) is 0.524. The minimum absolute atomic E-state index is 0.00413. The first-order valence-electron chi connectivity index (χ1n) is 5.09. The van der Waals surface area contributed by atoms with Crippen molar-refractivity contribution in [1.29, 1.82) is 0 Å². The molecular formula is C13H17ClO.